The van der Waals surface area contributed by atoms with E-state index >= 15 is 0 Å². The summed E-state index contributed by atoms with van der Waals surface area (Å²) in [5.41, 5.74) is 1.70. The van der Waals surface area contributed by atoms with Gasteiger partial charge in [-0.1, -0.05) is 44.5 Å². The number of carbonyl (C=O) groups excluding carboxylic acids is 1. The summed E-state index contributed by atoms with van der Waals surface area (Å²) >= 11 is 1.37. The van der Waals surface area contributed by atoms with Crippen LogP contribution in [0.3, 0.4) is 0 Å². The minimum atomic E-state index is -0.296. The maximum Gasteiger partial charge on any atom is 0.254 e. The molecule has 0 bridgehead atoms. The van der Waals surface area contributed by atoms with E-state index < -0.39 is 0 Å². The number of hydrogen-bond acceptors (Lipinski definition) is 6. The van der Waals surface area contributed by atoms with Crippen molar-refractivity contribution in [3.8, 4) is 11.5 Å². The Balaban J connectivity index is 2.05. The molecule has 1 N–H and O–H groups in total. The summed E-state index contributed by atoms with van der Waals surface area (Å²) in [6.45, 7) is 4.58. The molecule has 0 spiro atoms. The topological polar surface area (TPSA) is 82.5 Å². The zero-order valence-electron chi connectivity index (χ0n) is 19.1. The highest BCUT2D eigenvalue weighted by Crippen LogP contribution is 2.28. The van der Waals surface area contributed by atoms with Crippen molar-refractivity contribution in [2.45, 2.75) is 56.4 Å². The predicted octanol–water partition coefficient (Wildman–Crippen LogP) is 3.37. The van der Waals surface area contributed by atoms with E-state index in [-0.39, 0.29) is 16.7 Å². The third kappa shape index (κ3) is 7.02. The number of rotatable bonds is 12. The molecule has 0 saturated heterocycles. The fraction of sp³-hybridized carbons (Fsp3) is 0.522. The first-order valence-corrected chi connectivity index (χ1v) is 11.5. The van der Waals surface area contributed by atoms with E-state index in [1.807, 2.05) is 25.1 Å². The van der Waals surface area contributed by atoms with Crippen LogP contribution in [0.5, 0.6) is 11.5 Å². The molecule has 7 nitrogen and oxygen atoms in total. The average Bonchev–Trinajstić information content (AvgIpc) is 2.78. The number of nitrogens with zero attached hydrogens (tertiary/aromatic N) is 2. The van der Waals surface area contributed by atoms with Gasteiger partial charge in [0.2, 0.25) is 5.91 Å². The van der Waals surface area contributed by atoms with Crippen molar-refractivity contribution in [3.05, 3.63) is 45.9 Å². The molecule has 2 aromatic rings. The van der Waals surface area contributed by atoms with E-state index in [4.69, 9.17) is 9.47 Å². The van der Waals surface area contributed by atoms with Crippen LogP contribution in [-0.4, -0.2) is 41.5 Å². The summed E-state index contributed by atoms with van der Waals surface area (Å²) in [5.74, 6) is 1.32. The lowest BCUT2D eigenvalue weighted by Crippen LogP contribution is -2.35. The normalized spacial score (nSPS) is 11.8. The van der Waals surface area contributed by atoms with Crippen LogP contribution in [0.15, 0.2) is 34.2 Å². The van der Waals surface area contributed by atoms with E-state index in [1.54, 1.807) is 27.3 Å². The number of thioether (sulfide) groups is 1. The molecule has 0 saturated carbocycles. The molecule has 1 amide bonds. The molecule has 1 atom stereocenters. The molecule has 1 unspecified atom stereocenters. The Morgan fingerprint density at radius 3 is 2.58 bits per heavy atom. The summed E-state index contributed by atoms with van der Waals surface area (Å²) in [4.78, 5) is 29.7. The van der Waals surface area contributed by atoms with E-state index in [0.717, 1.165) is 30.5 Å². The molecule has 1 aromatic heterocycles. The van der Waals surface area contributed by atoms with Crippen LogP contribution in [0.2, 0.25) is 0 Å². The predicted molar refractivity (Wildman–Crippen MR) is 124 cm³/mol. The number of ether oxygens (including phenoxy) is 2. The number of benzene rings is 1. The van der Waals surface area contributed by atoms with Crippen molar-refractivity contribution in [2.24, 2.45) is 7.05 Å². The number of nitrogens with one attached hydrogen (secondary N) is 1. The van der Waals surface area contributed by atoms with Gasteiger partial charge in [-0.25, -0.2) is 4.98 Å². The number of hydrogen-bond donors (Lipinski definition) is 1. The van der Waals surface area contributed by atoms with Gasteiger partial charge in [0.25, 0.3) is 5.56 Å². The minimum Gasteiger partial charge on any atom is -0.493 e. The highest BCUT2D eigenvalue weighted by molar-refractivity contribution is 8.00. The number of unbranched alkanes of at least 4 members (excludes halogenated alkanes) is 1. The van der Waals surface area contributed by atoms with E-state index in [9.17, 15) is 9.59 Å². The van der Waals surface area contributed by atoms with Crippen molar-refractivity contribution >= 4 is 17.7 Å². The Morgan fingerprint density at radius 2 is 1.94 bits per heavy atom. The van der Waals surface area contributed by atoms with Gasteiger partial charge in [0.05, 0.1) is 19.5 Å². The first-order chi connectivity index (χ1) is 14.9. The summed E-state index contributed by atoms with van der Waals surface area (Å²) in [7, 11) is 4.91. The Kier molecular flexibility index (Phi) is 9.91. The zero-order valence-corrected chi connectivity index (χ0v) is 19.9. The molecular formula is C23H33N3O4S. The van der Waals surface area contributed by atoms with Gasteiger partial charge in [-0.2, -0.15) is 0 Å². The highest BCUT2D eigenvalue weighted by atomic mass is 32.2. The van der Waals surface area contributed by atoms with Gasteiger partial charge < -0.3 is 14.8 Å². The van der Waals surface area contributed by atoms with Crippen LogP contribution in [-0.2, 0) is 24.7 Å². The number of carbonyl (C=O) groups is 1. The van der Waals surface area contributed by atoms with Crippen molar-refractivity contribution < 1.29 is 14.3 Å². The molecule has 170 valence electrons. The quantitative estimate of drug-likeness (QED) is 0.397. The van der Waals surface area contributed by atoms with Gasteiger partial charge in [-0.15, -0.1) is 0 Å². The Hall–Kier alpha value is -2.48. The average molecular weight is 448 g/mol. The fourth-order valence-electron chi connectivity index (χ4n) is 3.09. The van der Waals surface area contributed by atoms with Crippen molar-refractivity contribution in [1.82, 2.24) is 14.9 Å². The van der Waals surface area contributed by atoms with Crippen LogP contribution >= 0.6 is 11.8 Å². The summed E-state index contributed by atoms with van der Waals surface area (Å²) in [5, 5.41) is 3.33. The van der Waals surface area contributed by atoms with Crippen LogP contribution in [0, 0.1) is 0 Å². The maximum atomic E-state index is 12.9. The molecule has 8 heteroatoms. The second-order valence-corrected chi connectivity index (χ2v) is 8.43. The van der Waals surface area contributed by atoms with Gasteiger partial charge in [0, 0.05) is 25.4 Å². The standard InChI is InChI=1S/C23H33N3O4S/c1-6-8-9-20(31-23-25-17(7-2)15-21(27)26(23)3)22(28)24-13-12-16-10-11-18(29-4)19(14-16)30-5/h10-11,14-15,20H,6-9,12-13H2,1-5H3,(H,24,28). The van der Waals surface area contributed by atoms with Crippen LogP contribution in [0.25, 0.3) is 0 Å². The third-order valence-electron chi connectivity index (χ3n) is 5.03. The molecular weight excluding hydrogens is 414 g/mol. The Labute approximate surface area is 188 Å². The van der Waals surface area contributed by atoms with E-state index in [2.05, 4.69) is 17.2 Å². The van der Waals surface area contributed by atoms with E-state index in [0.29, 0.717) is 36.0 Å². The lowest BCUT2D eigenvalue weighted by molar-refractivity contribution is -0.120. The molecule has 0 radical (unpaired) electrons. The number of methoxy groups -OCH3 is 2. The van der Waals surface area contributed by atoms with Crippen molar-refractivity contribution in [1.29, 1.82) is 0 Å². The monoisotopic (exact) mass is 447 g/mol. The van der Waals surface area contributed by atoms with Gasteiger partial charge in [0.15, 0.2) is 16.7 Å². The molecule has 31 heavy (non-hydrogen) atoms. The molecule has 1 aromatic carbocycles. The first-order valence-electron chi connectivity index (χ1n) is 10.7. The molecule has 0 aliphatic heterocycles. The Bertz CT molecular complexity index is 930. The van der Waals surface area contributed by atoms with Crippen LogP contribution in [0.1, 0.15) is 44.4 Å². The molecule has 2 rings (SSSR count). The van der Waals surface area contributed by atoms with E-state index in [1.165, 1.54) is 16.3 Å². The Morgan fingerprint density at radius 1 is 1.19 bits per heavy atom. The fourth-order valence-corrected chi connectivity index (χ4v) is 4.24. The van der Waals surface area contributed by atoms with Crippen LogP contribution < -0.4 is 20.3 Å². The smallest absolute Gasteiger partial charge is 0.254 e. The van der Waals surface area contributed by atoms with Gasteiger partial charge in [-0.3, -0.25) is 14.2 Å². The minimum absolute atomic E-state index is 0.0323. The SMILES string of the molecule is CCCCC(Sc1nc(CC)cc(=O)n1C)C(=O)NCCc1ccc(OC)c(OC)c1. The summed E-state index contributed by atoms with van der Waals surface area (Å²) in [6.07, 6.45) is 4.02. The molecule has 1 heterocycles. The van der Waals surface area contributed by atoms with Crippen LogP contribution in [0.4, 0.5) is 0 Å². The zero-order chi connectivity index (χ0) is 22.8. The van der Waals surface area contributed by atoms with Crippen molar-refractivity contribution in [3.63, 3.8) is 0 Å². The van der Waals surface area contributed by atoms with Gasteiger partial charge in [-0.05, 0) is 37.0 Å². The maximum absolute atomic E-state index is 12.9. The largest absolute Gasteiger partial charge is 0.493 e. The second-order valence-electron chi connectivity index (χ2n) is 7.26. The summed E-state index contributed by atoms with van der Waals surface area (Å²) < 4.78 is 12.1. The van der Waals surface area contributed by atoms with Crippen molar-refractivity contribution in [2.75, 3.05) is 20.8 Å². The number of amides is 1. The number of aromatic nitrogens is 2. The third-order valence-corrected chi connectivity index (χ3v) is 6.34. The second kappa shape index (κ2) is 12.4. The lowest BCUT2D eigenvalue weighted by Gasteiger charge is -2.18. The van der Waals surface area contributed by atoms with Gasteiger partial charge in [0.1, 0.15) is 0 Å². The molecule has 0 aliphatic rings. The molecule has 0 fully saturated rings. The highest BCUT2D eigenvalue weighted by Gasteiger charge is 2.21. The number of aryl methyl sites for hydroxylation is 1. The molecule has 0 aliphatic carbocycles. The first kappa shape index (κ1) is 24.8. The summed E-state index contributed by atoms with van der Waals surface area (Å²) in [6, 6.07) is 7.30. The van der Waals surface area contributed by atoms with Gasteiger partial charge >= 0.3 is 0 Å². The lowest BCUT2D eigenvalue weighted by atomic mass is 10.1.